The van der Waals surface area contributed by atoms with Crippen LogP contribution in [-0.2, 0) is 16.5 Å². The van der Waals surface area contributed by atoms with Crippen LogP contribution in [0.5, 0.6) is 0 Å². The van der Waals surface area contributed by atoms with E-state index in [0.717, 1.165) is 12.1 Å². The van der Waals surface area contributed by atoms with E-state index in [-0.39, 0.29) is 0 Å². The summed E-state index contributed by atoms with van der Waals surface area (Å²) >= 11 is 0. The molecule has 0 heterocycles. The van der Waals surface area contributed by atoms with E-state index >= 15 is 0 Å². The van der Waals surface area contributed by atoms with Crippen LogP contribution in [0, 0.1) is 0 Å². The molecule has 0 aliphatic rings. The Hall–Kier alpha value is 0.924. The molecule has 0 fully saturated rings. The van der Waals surface area contributed by atoms with E-state index in [2.05, 4.69) is 79.3 Å². The maximum Gasteiger partial charge on any atom is 0.317 e. The highest BCUT2D eigenvalue weighted by molar-refractivity contribution is 6.90. The van der Waals surface area contributed by atoms with E-state index in [1.165, 1.54) is 244 Å². The lowest BCUT2D eigenvalue weighted by atomic mass is 10.0. The van der Waals surface area contributed by atoms with Crippen LogP contribution in [0.25, 0.3) is 0 Å². The standard InChI is InChI=1S/C52H116O4Si5/c1-13-15-17-19-21-23-25-27-29-30-31-32-33-34-35-36-37-38-40-41-43-45-47-49-51-60(11,54-58(6,7)8)56-61(12,55-59(9,10)53-57(3,4)5)52-50-48-46-44-42-39-28-26-24-22-20-18-16-14-2/h13-52H2,1-12H3. The largest absolute Gasteiger partial charge is 0.437 e. The average Bonchev–Trinajstić information content (AvgIpc) is 3.14. The van der Waals surface area contributed by atoms with Crippen molar-refractivity contribution in [2.45, 2.75) is 335 Å². The lowest BCUT2D eigenvalue weighted by Gasteiger charge is -2.44. The normalized spacial score (nSPS) is 14.8. The Morgan fingerprint density at radius 2 is 0.410 bits per heavy atom. The molecule has 0 aromatic carbocycles. The lowest BCUT2D eigenvalue weighted by Crippen LogP contribution is -2.60. The van der Waals surface area contributed by atoms with E-state index in [4.69, 9.17) is 16.5 Å². The highest BCUT2D eigenvalue weighted by Crippen LogP contribution is 2.33. The third-order valence-electron chi connectivity index (χ3n) is 12.4. The molecule has 368 valence electrons. The zero-order chi connectivity index (χ0) is 45.6. The van der Waals surface area contributed by atoms with Crippen molar-refractivity contribution in [2.24, 2.45) is 0 Å². The van der Waals surface area contributed by atoms with Crippen molar-refractivity contribution in [3.8, 4) is 0 Å². The van der Waals surface area contributed by atoms with Crippen LogP contribution in [0.3, 0.4) is 0 Å². The second-order valence-electron chi connectivity index (χ2n) is 22.5. The molecular weight excluding hydrogens is 829 g/mol. The van der Waals surface area contributed by atoms with Gasteiger partial charge in [0.1, 0.15) is 0 Å². The van der Waals surface area contributed by atoms with E-state index < -0.39 is 42.3 Å². The SMILES string of the molecule is CCCCCCCCCCCCCCCCCCCCCCCCCC[Si](C)(O[Si](C)(C)C)O[Si](C)(CCCCCCCCCCCCCCCC)O[Si](C)(C)O[Si](C)(C)C. The number of unbranched alkanes of at least 4 members (excludes halogenated alkanes) is 36. The third kappa shape index (κ3) is 44.5. The first-order valence-electron chi connectivity index (χ1n) is 27.8. The molecule has 0 aromatic heterocycles. The van der Waals surface area contributed by atoms with Crippen molar-refractivity contribution in [1.82, 2.24) is 0 Å². The maximum atomic E-state index is 7.46. The topological polar surface area (TPSA) is 36.9 Å². The van der Waals surface area contributed by atoms with Gasteiger partial charge in [-0.25, -0.2) is 0 Å². The van der Waals surface area contributed by atoms with Crippen molar-refractivity contribution in [1.29, 1.82) is 0 Å². The Morgan fingerprint density at radius 1 is 0.213 bits per heavy atom. The third-order valence-corrected chi connectivity index (χ3v) is 30.7. The van der Waals surface area contributed by atoms with Gasteiger partial charge >= 0.3 is 25.7 Å². The monoisotopic (exact) mass is 945 g/mol. The molecule has 0 aromatic rings. The molecular formula is C52H116O4Si5. The molecule has 2 atom stereocenters. The van der Waals surface area contributed by atoms with Crippen LogP contribution >= 0.6 is 0 Å². The molecule has 0 aliphatic heterocycles. The second kappa shape index (κ2) is 39.0. The second-order valence-corrected chi connectivity index (χ2v) is 42.6. The van der Waals surface area contributed by atoms with Gasteiger partial charge in [-0.1, -0.05) is 258 Å². The fraction of sp³-hybridized carbons (Fsp3) is 1.00. The first-order chi connectivity index (χ1) is 28.9. The summed E-state index contributed by atoms with van der Waals surface area (Å²) < 4.78 is 28.6. The van der Waals surface area contributed by atoms with Crippen molar-refractivity contribution < 1.29 is 16.5 Å². The molecule has 0 amide bonds. The van der Waals surface area contributed by atoms with Crippen molar-refractivity contribution >= 4 is 42.3 Å². The van der Waals surface area contributed by atoms with Crippen LogP contribution in [0.2, 0.25) is 77.6 Å². The number of rotatable bonds is 48. The maximum absolute atomic E-state index is 7.46. The summed E-state index contributed by atoms with van der Waals surface area (Å²) in [7, 11) is -10.8. The van der Waals surface area contributed by atoms with E-state index in [9.17, 15) is 0 Å². The van der Waals surface area contributed by atoms with Gasteiger partial charge in [0.25, 0.3) is 0 Å². The minimum Gasteiger partial charge on any atom is -0.437 e. The molecule has 0 aliphatic carbocycles. The molecule has 2 unspecified atom stereocenters. The summed E-state index contributed by atoms with van der Waals surface area (Å²) in [5.74, 6) is 0. The van der Waals surface area contributed by atoms with Gasteiger partial charge in [-0.2, -0.15) is 0 Å². The van der Waals surface area contributed by atoms with Gasteiger partial charge in [0.2, 0.25) is 0 Å². The van der Waals surface area contributed by atoms with Gasteiger partial charge in [0.05, 0.1) is 0 Å². The predicted molar refractivity (Wildman–Crippen MR) is 288 cm³/mol. The van der Waals surface area contributed by atoms with Gasteiger partial charge in [0, 0.05) is 0 Å². The van der Waals surface area contributed by atoms with Gasteiger partial charge in [-0.3, -0.25) is 0 Å². The average molecular weight is 946 g/mol. The Morgan fingerprint density at radius 3 is 0.623 bits per heavy atom. The van der Waals surface area contributed by atoms with E-state index in [1.54, 1.807) is 0 Å². The van der Waals surface area contributed by atoms with Gasteiger partial charge < -0.3 is 16.5 Å². The van der Waals surface area contributed by atoms with Gasteiger partial charge in [-0.05, 0) is 77.6 Å². The summed E-state index contributed by atoms with van der Waals surface area (Å²) in [6, 6.07) is 2.16. The minimum atomic E-state index is -2.52. The summed E-state index contributed by atoms with van der Waals surface area (Å²) in [5.41, 5.74) is 0. The summed E-state index contributed by atoms with van der Waals surface area (Å²) in [5, 5.41) is 0. The highest BCUT2D eigenvalue weighted by atomic mass is 28.5. The summed E-state index contributed by atoms with van der Waals surface area (Å²) in [6.07, 6.45) is 53.7. The number of hydrogen-bond donors (Lipinski definition) is 0. The molecule has 0 saturated heterocycles. The first kappa shape index (κ1) is 61.9. The van der Waals surface area contributed by atoms with E-state index in [1.807, 2.05) is 0 Å². The quantitative estimate of drug-likeness (QED) is 0.0450. The lowest BCUT2D eigenvalue weighted by molar-refractivity contribution is 0.286. The van der Waals surface area contributed by atoms with Crippen LogP contribution in [0.1, 0.15) is 258 Å². The summed E-state index contributed by atoms with van der Waals surface area (Å²) in [4.78, 5) is 0. The highest BCUT2D eigenvalue weighted by Gasteiger charge is 2.48. The smallest absolute Gasteiger partial charge is 0.317 e. The van der Waals surface area contributed by atoms with Gasteiger partial charge in [0.15, 0.2) is 16.6 Å². The number of hydrogen-bond acceptors (Lipinski definition) is 4. The molecule has 9 heteroatoms. The molecule has 0 rings (SSSR count). The molecule has 0 N–H and O–H groups in total. The molecule has 0 spiro atoms. The zero-order valence-corrected chi connectivity index (χ0v) is 49.4. The fourth-order valence-electron chi connectivity index (χ4n) is 9.68. The minimum absolute atomic E-state index is 1.06. The molecule has 0 saturated carbocycles. The van der Waals surface area contributed by atoms with Crippen LogP contribution in [0.15, 0.2) is 0 Å². The van der Waals surface area contributed by atoms with Crippen LogP contribution in [0.4, 0.5) is 0 Å². The van der Waals surface area contributed by atoms with Crippen molar-refractivity contribution in [2.75, 3.05) is 0 Å². The van der Waals surface area contributed by atoms with Crippen molar-refractivity contribution in [3.05, 3.63) is 0 Å². The fourth-order valence-corrected chi connectivity index (χ4v) is 33.6. The molecule has 0 bridgehead atoms. The van der Waals surface area contributed by atoms with Crippen LogP contribution < -0.4 is 0 Å². The van der Waals surface area contributed by atoms with Gasteiger partial charge in [-0.15, -0.1) is 0 Å². The molecule has 61 heavy (non-hydrogen) atoms. The Kier molecular flexibility index (Phi) is 39.6. The molecule has 0 radical (unpaired) electrons. The first-order valence-corrected chi connectivity index (χ1v) is 42.4. The van der Waals surface area contributed by atoms with Crippen molar-refractivity contribution in [3.63, 3.8) is 0 Å². The Bertz CT molecular complexity index is 942. The zero-order valence-electron chi connectivity index (χ0n) is 44.4. The Balaban J connectivity index is 4.52. The molecule has 4 nitrogen and oxygen atoms in total. The van der Waals surface area contributed by atoms with E-state index in [0.29, 0.717) is 0 Å². The Labute approximate surface area is 392 Å². The summed E-state index contributed by atoms with van der Waals surface area (Å²) in [6.45, 7) is 27.9. The van der Waals surface area contributed by atoms with Crippen LogP contribution in [-0.4, -0.2) is 42.3 Å². The predicted octanol–water partition coefficient (Wildman–Crippen LogP) is 20.4.